The maximum Gasteiger partial charge on any atom is 0.155 e. The lowest BCUT2D eigenvalue weighted by molar-refractivity contribution is -0.118. The highest BCUT2D eigenvalue weighted by Crippen LogP contribution is 2.05. The van der Waals surface area contributed by atoms with Crippen molar-refractivity contribution in [1.82, 2.24) is 0 Å². The Morgan fingerprint density at radius 1 is 1.19 bits per heavy atom. The molecule has 3 nitrogen and oxygen atoms in total. The summed E-state index contributed by atoms with van der Waals surface area (Å²) in [7, 11) is 1.74. The summed E-state index contributed by atoms with van der Waals surface area (Å²) in [4.78, 5) is 0. The Morgan fingerprint density at radius 2 is 1.94 bits per heavy atom. The normalized spacial score (nSPS) is 15.5. The van der Waals surface area contributed by atoms with Gasteiger partial charge in [-0.1, -0.05) is 31.9 Å². The SMILES string of the molecule is CCCCC(/C=C\COC(C)OCC)OC. The van der Waals surface area contributed by atoms with Crippen LogP contribution in [0.15, 0.2) is 12.2 Å². The summed E-state index contributed by atoms with van der Waals surface area (Å²) in [5.74, 6) is 0. The summed E-state index contributed by atoms with van der Waals surface area (Å²) in [6.07, 6.45) is 7.61. The molecule has 0 aromatic heterocycles. The van der Waals surface area contributed by atoms with Gasteiger partial charge in [-0.05, 0) is 20.3 Å². The minimum absolute atomic E-state index is 0.133. The molecule has 0 aromatic rings. The Morgan fingerprint density at radius 3 is 2.50 bits per heavy atom. The second kappa shape index (κ2) is 11.1. The Hall–Kier alpha value is -0.380. The van der Waals surface area contributed by atoms with Crippen LogP contribution < -0.4 is 0 Å². The number of hydrogen-bond acceptors (Lipinski definition) is 3. The summed E-state index contributed by atoms with van der Waals surface area (Å²) in [5.41, 5.74) is 0. The first-order chi connectivity index (χ1) is 7.74. The molecule has 0 bridgehead atoms. The van der Waals surface area contributed by atoms with Crippen molar-refractivity contribution in [3.63, 3.8) is 0 Å². The minimum atomic E-state index is -0.133. The van der Waals surface area contributed by atoms with Crippen LogP contribution >= 0.6 is 0 Å². The standard InChI is InChI=1S/C13H26O3/c1-5-7-9-13(14-4)10-8-11-16-12(3)15-6-2/h8,10,12-13H,5-7,9,11H2,1-4H3/b10-8-. The van der Waals surface area contributed by atoms with Crippen molar-refractivity contribution in [2.45, 2.75) is 52.4 Å². The molecular formula is C13H26O3. The van der Waals surface area contributed by atoms with Crippen LogP contribution in [0.25, 0.3) is 0 Å². The molecule has 0 aliphatic rings. The summed E-state index contributed by atoms with van der Waals surface area (Å²) >= 11 is 0. The van der Waals surface area contributed by atoms with E-state index in [1.807, 2.05) is 19.9 Å². The zero-order valence-corrected chi connectivity index (χ0v) is 11.1. The highest BCUT2D eigenvalue weighted by atomic mass is 16.7. The van der Waals surface area contributed by atoms with Gasteiger partial charge in [-0.2, -0.15) is 0 Å². The monoisotopic (exact) mass is 230 g/mol. The Balaban J connectivity index is 3.62. The van der Waals surface area contributed by atoms with Crippen molar-refractivity contribution in [2.24, 2.45) is 0 Å². The first kappa shape index (κ1) is 15.6. The van der Waals surface area contributed by atoms with Crippen LogP contribution in [-0.4, -0.2) is 32.7 Å². The largest absolute Gasteiger partial charge is 0.377 e. The maximum absolute atomic E-state index is 5.42. The zero-order valence-electron chi connectivity index (χ0n) is 11.1. The molecule has 0 fully saturated rings. The van der Waals surface area contributed by atoms with Crippen molar-refractivity contribution >= 4 is 0 Å². The molecule has 16 heavy (non-hydrogen) atoms. The minimum Gasteiger partial charge on any atom is -0.377 e. The third-order valence-electron chi connectivity index (χ3n) is 2.32. The van der Waals surface area contributed by atoms with Crippen molar-refractivity contribution < 1.29 is 14.2 Å². The van der Waals surface area contributed by atoms with Crippen molar-refractivity contribution in [2.75, 3.05) is 20.3 Å². The van der Waals surface area contributed by atoms with Crippen LogP contribution in [0.2, 0.25) is 0 Å². The summed E-state index contributed by atoms with van der Waals surface area (Å²) in [6, 6.07) is 0. The molecule has 0 heterocycles. The van der Waals surface area contributed by atoms with Gasteiger partial charge in [-0.3, -0.25) is 0 Å². The lowest BCUT2D eigenvalue weighted by atomic mass is 10.1. The van der Waals surface area contributed by atoms with Gasteiger partial charge in [0, 0.05) is 13.7 Å². The fourth-order valence-corrected chi connectivity index (χ4v) is 1.38. The Kier molecular flexibility index (Phi) is 10.9. The molecule has 0 N–H and O–H groups in total. The molecule has 0 saturated carbocycles. The van der Waals surface area contributed by atoms with Crippen molar-refractivity contribution in [1.29, 1.82) is 0 Å². The topological polar surface area (TPSA) is 27.7 Å². The number of unbranched alkanes of at least 4 members (excludes halogenated alkanes) is 1. The molecule has 0 spiro atoms. The maximum atomic E-state index is 5.42. The quantitative estimate of drug-likeness (QED) is 0.426. The van der Waals surface area contributed by atoms with Crippen LogP contribution in [0, 0.1) is 0 Å². The second-order valence-electron chi connectivity index (χ2n) is 3.70. The molecule has 0 amide bonds. The van der Waals surface area contributed by atoms with Gasteiger partial charge in [0.05, 0.1) is 12.7 Å². The van der Waals surface area contributed by atoms with E-state index in [2.05, 4.69) is 13.0 Å². The Labute approximate surface area is 99.8 Å². The van der Waals surface area contributed by atoms with Gasteiger partial charge in [0.1, 0.15) is 0 Å². The number of ether oxygens (including phenoxy) is 3. The van der Waals surface area contributed by atoms with Gasteiger partial charge >= 0.3 is 0 Å². The molecule has 0 radical (unpaired) electrons. The molecule has 0 aromatic carbocycles. The molecule has 0 saturated heterocycles. The van der Waals surface area contributed by atoms with Gasteiger partial charge in [-0.15, -0.1) is 0 Å². The van der Waals surface area contributed by atoms with Crippen LogP contribution in [-0.2, 0) is 14.2 Å². The van der Waals surface area contributed by atoms with E-state index >= 15 is 0 Å². The first-order valence-electron chi connectivity index (χ1n) is 6.17. The first-order valence-corrected chi connectivity index (χ1v) is 6.17. The van der Waals surface area contributed by atoms with Gasteiger partial charge in [0.15, 0.2) is 6.29 Å². The summed E-state index contributed by atoms with van der Waals surface area (Å²) < 4.78 is 16.0. The van der Waals surface area contributed by atoms with E-state index < -0.39 is 0 Å². The fraction of sp³-hybridized carbons (Fsp3) is 0.846. The number of rotatable bonds is 10. The molecule has 96 valence electrons. The number of methoxy groups -OCH3 is 1. The predicted molar refractivity (Wildman–Crippen MR) is 66.5 cm³/mol. The van der Waals surface area contributed by atoms with E-state index in [-0.39, 0.29) is 12.4 Å². The average Bonchev–Trinajstić information content (AvgIpc) is 2.28. The molecular weight excluding hydrogens is 204 g/mol. The average molecular weight is 230 g/mol. The zero-order chi connectivity index (χ0) is 12.2. The van der Waals surface area contributed by atoms with E-state index in [4.69, 9.17) is 14.2 Å². The summed E-state index contributed by atoms with van der Waals surface area (Å²) in [5, 5.41) is 0. The Bertz CT molecular complexity index is 169. The second-order valence-corrected chi connectivity index (χ2v) is 3.70. The van der Waals surface area contributed by atoms with Crippen LogP contribution in [0.3, 0.4) is 0 Å². The van der Waals surface area contributed by atoms with Gasteiger partial charge in [-0.25, -0.2) is 0 Å². The summed E-state index contributed by atoms with van der Waals surface area (Å²) in [6.45, 7) is 7.31. The van der Waals surface area contributed by atoms with Gasteiger partial charge in [0.25, 0.3) is 0 Å². The van der Waals surface area contributed by atoms with Crippen LogP contribution in [0.5, 0.6) is 0 Å². The van der Waals surface area contributed by atoms with E-state index in [9.17, 15) is 0 Å². The fourth-order valence-electron chi connectivity index (χ4n) is 1.38. The lowest BCUT2D eigenvalue weighted by Crippen LogP contribution is -2.13. The lowest BCUT2D eigenvalue weighted by Gasteiger charge is -2.12. The smallest absolute Gasteiger partial charge is 0.155 e. The van der Waals surface area contributed by atoms with Gasteiger partial charge in [0.2, 0.25) is 0 Å². The van der Waals surface area contributed by atoms with Crippen molar-refractivity contribution in [3.05, 3.63) is 12.2 Å². The number of hydrogen-bond donors (Lipinski definition) is 0. The molecule has 3 heteroatoms. The molecule has 0 aliphatic heterocycles. The van der Waals surface area contributed by atoms with Crippen LogP contribution in [0.4, 0.5) is 0 Å². The van der Waals surface area contributed by atoms with E-state index in [1.165, 1.54) is 12.8 Å². The predicted octanol–water partition coefficient (Wildman–Crippen LogP) is 3.15. The highest BCUT2D eigenvalue weighted by molar-refractivity contribution is 4.89. The molecule has 2 unspecified atom stereocenters. The van der Waals surface area contributed by atoms with Gasteiger partial charge < -0.3 is 14.2 Å². The van der Waals surface area contributed by atoms with E-state index in [0.29, 0.717) is 13.2 Å². The molecule has 0 rings (SSSR count). The molecule has 0 aliphatic carbocycles. The third kappa shape index (κ3) is 8.89. The van der Waals surface area contributed by atoms with Crippen molar-refractivity contribution in [3.8, 4) is 0 Å². The van der Waals surface area contributed by atoms with Crippen LogP contribution in [0.1, 0.15) is 40.0 Å². The highest BCUT2D eigenvalue weighted by Gasteiger charge is 2.01. The molecule has 2 atom stereocenters. The van der Waals surface area contributed by atoms with E-state index in [0.717, 1.165) is 6.42 Å². The third-order valence-corrected chi connectivity index (χ3v) is 2.32. The van der Waals surface area contributed by atoms with E-state index in [1.54, 1.807) is 7.11 Å².